The molecule has 1 aromatic carbocycles. The monoisotopic (exact) mass is 256 g/mol. The van der Waals surface area contributed by atoms with Crippen molar-refractivity contribution in [2.45, 2.75) is 26.9 Å². The second-order valence-corrected chi connectivity index (χ2v) is 4.74. The molecule has 0 unspecified atom stereocenters. The fourth-order valence-corrected chi connectivity index (χ4v) is 1.97. The van der Waals surface area contributed by atoms with Gasteiger partial charge in [-0.05, 0) is 30.5 Å². The summed E-state index contributed by atoms with van der Waals surface area (Å²) in [5, 5.41) is 3.44. The molecule has 3 nitrogen and oxygen atoms in total. The van der Waals surface area contributed by atoms with Gasteiger partial charge in [-0.1, -0.05) is 29.8 Å². The van der Waals surface area contributed by atoms with Crippen molar-refractivity contribution >= 4 is 0 Å². The molecule has 0 fully saturated rings. The third-order valence-corrected chi connectivity index (χ3v) is 3.16. The summed E-state index contributed by atoms with van der Waals surface area (Å²) < 4.78 is 5.04. The maximum atomic E-state index is 5.04. The molecule has 0 aliphatic heterocycles. The zero-order valence-electron chi connectivity index (χ0n) is 11.7. The fourth-order valence-electron chi connectivity index (χ4n) is 1.97. The van der Waals surface area contributed by atoms with Crippen LogP contribution in [0.25, 0.3) is 0 Å². The minimum absolute atomic E-state index is 0.651. The van der Waals surface area contributed by atoms with Crippen LogP contribution in [-0.4, -0.2) is 12.1 Å². The SMILES string of the molecule is COc1ccc(CNCc2cc(C)ccc2C)cn1. The van der Waals surface area contributed by atoms with Gasteiger partial charge in [-0.15, -0.1) is 0 Å². The molecule has 0 spiro atoms. The molecule has 0 saturated carbocycles. The molecule has 2 aromatic rings. The van der Waals surface area contributed by atoms with Crippen molar-refractivity contribution in [1.82, 2.24) is 10.3 Å². The van der Waals surface area contributed by atoms with Crippen LogP contribution in [-0.2, 0) is 13.1 Å². The van der Waals surface area contributed by atoms with E-state index in [-0.39, 0.29) is 0 Å². The Labute approximate surface area is 114 Å². The Kier molecular flexibility index (Phi) is 4.53. The van der Waals surface area contributed by atoms with Crippen LogP contribution in [0.3, 0.4) is 0 Å². The van der Waals surface area contributed by atoms with Crippen LogP contribution >= 0.6 is 0 Å². The van der Waals surface area contributed by atoms with Crippen LogP contribution in [0.5, 0.6) is 5.88 Å². The smallest absolute Gasteiger partial charge is 0.212 e. The lowest BCUT2D eigenvalue weighted by atomic mass is 10.1. The molecule has 3 heteroatoms. The number of aromatic nitrogens is 1. The predicted octanol–water partition coefficient (Wildman–Crippen LogP) is 3.00. The summed E-state index contributed by atoms with van der Waals surface area (Å²) >= 11 is 0. The Morgan fingerprint density at radius 2 is 1.95 bits per heavy atom. The van der Waals surface area contributed by atoms with Gasteiger partial charge in [0.05, 0.1) is 7.11 Å². The van der Waals surface area contributed by atoms with Crippen LogP contribution < -0.4 is 10.1 Å². The molecule has 1 heterocycles. The zero-order chi connectivity index (χ0) is 13.7. The van der Waals surface area contributed by atoms with E-state index in [0.29, 0.717) is 5.88 Å². The lowest BCUT2D eigenvalue weighted by Gasteiger charge is -2.09. The van der Waals surface area contributed by atoms with Crippen molar-refractivity contribution in [3.05, 3.63) is 58.8 Å². The number of aryl methyl sites for hydroxylation is 2. The minimum Gasteiger partial charge on any atom is -0.481 e. The van der Waals surface area contributed by atoms with Gasteiger partial charge in [-0.25, -0.2) is 4.98 Å². The molecule has 1 aromatic heterocycles. The van der Waals surface area contributed by atoms with E-state index in [1.54, 1.807) is 7.11 Å². The summed E-state index contributed by atoms with van der Waals surface area (Å²) in [6, 6.07) is 10.5. The highest BCUT2D eigenvalue weighted by molar-refractivity contribution is 5.30. The van der Waals surface area contributed by atoms with E-state index in [2.05, 4.69) is 42.3 Å². The Bertz CT molecular complexity index is 535. The largest absolute Gasteiger partial charge is 0.481 e. The zero-order valence-corrected chi connectivity index (χ0v) is 11.7. The van der Waals surface area contributed by atoms with Crippen molar-refractivity contribution in [1.29, 1.82) is 0 Å². The third-order valence-electron chi connectivity index (χ3n) is 3.16. The number of benzene rings is 1. The first-order valence-electron chi connectivity index (χ1n) is 6.45. The number of ether oxygens (including phenoxy) is 1. The van der Waals surface area contributed by atoms with E-state index in [1.807, 2.05) is 18.3 Å². The van der Waals surface area contributed by atoms with Gasteiger partial charge in [0.2, 0.25) is 5.88 Å². The molecular weight excluding hydrogens is 236 g/mol. The van der Waals surface area contributed by atoms with Crippen molar-refractivity contribution < 1.29 is 4.74 Å². The van der Waals surface area contributed by atoms with Gasteiger partial charge in [0.15, 0.2) is 0 Å². The maximum Gasteiger partial charge on any atom is 0.212 e. The first-order chi connectivity index (χ1) is 9.19. The maximum absolute atomic E-state index is 5.04. The first kappa shape index (κ1) is 13.6. The van der Waals surface area contributed by atoms with Crippen molar-refractivity contribution in [2.75, 3.05) is 7.11 Å². The topological polar surface area (TPSA) is 34.1 Å². The molecule has 0 amide bonds. The summed E-state index contributed by atoms with van der Waals surface area (Å²) in [5.74, 6) is 0.651. The van der Waals surface area contributed by atoms with E-state index in [9.17, 15) is 0 Å². The highest BCUT2D eigenvalue weighted by Crippen LogP contribution is 2.11. The first-order valence-corrected chi connectivity index (χ1v) is 6.45. The minimum atomic E-state index is 0.651. The highest BCUT2D eigenvalue weighted by atomic mass is 16.5. The Hall–Kier alpha value is -1.87. The van der Waals surface area contributed by atoms with E-state index in [1.165, 1.54) is 16.7 Å². The number of rotatable bonds is 5. The molecule has 0 aliphatic rings. The average molecular weight is 256 g/mol. The normalized spacial score (nSPS) is 10.5. The van der Waals surface area contributed by atoms with Crippen LogP contribution in [0.4, 0.5) is 0 Å². The lowest BCUT2D eigenvalue weighted by Crippen LogP contribution is -2.13. The number of hydrogen-bond acceptors (Lipinski definition) is 3. The number of nitrogens with one attached hydrogen (secondary N) is 1. The number of nitrogens with zero attached hydrogens (tertiary/aromatic N) is 1. The van der Waals surface area contributed by atoms with Crippen molar-refractivity contribution in [3.8, 4) is 5.88 Å². The second kappa shape index (κ2) is 6.34. The van der Waals surface area contributed by atoms with Gasteiger partial charge >= 0.3 is 0 Å². The summed E-state index contributed by atoms with van der Waals surface area (Å²) in [6.07, 6.45) is 1.84. The quantitative estimate of drug-likeness (QED) is 0.893. The molecule has 0 aliphatic carbocycles. The van der Waals surface area contributed by atoms with E-state index in [4.69, 9.17) is 4.74 Å². The van der Waals surface area contributed by atoms with E-state index < -0.39 is 0 Å². The van der Waals surface area contributed by atoms with Crippen LogP contribution in [0, 0.1) is 13.8 Å². The second-order valence-electron chi connectivity index (χ2n) is 4.74. The molecule has 2 rings (SSSR count). The standard InChI is InChI=1S/C16H20N2O/c1-12-4-5-13(2)15(8-12)11-17-9-14-6-7-16(19-3)18-10-14/h4-8,10,17H,9,11H2,1-3H3. The van der Waals surface area contributed by atoms with Gasteiger partial charge in [-0.2, -0.15) is 0 Å². The number of hydrogen-bond donors (Lipinski definition) is 1. The number of pyridine rings is 1. The average Bonchev–Trinajstić information content (AvgIpc) is 2.43. The van der Waals surface area contributed by atoms with Gasteiger partial charge in [0.25, 0.3) is 0 Å². The molecule has 19 heavy (non-hydrogen) atoms. The molecular formula is C16H20N2O. The van der Waals surface area contributed by atoms with Crippen LogP contribution in [0.2, 0.25) is 0 Å². The lowest BCUT2D eigenvalue weighted by molar-refractivity contribution is 0.397. The number of methoxy groups -OCH3 is 1. The predicted molar refractivity (Wildman–Crippen MR) is 77.2 cm³/mol. The van der Waals surface area contributed by atoms with Gasteiger partial charge in [0.1, 0.15) is 0 Å². The Balaban J connectivity index is 1.90. The molecule has 100 valence electrons. The summed E-state index contributed by atoms with van der Waals surface area (Å²) in [4.78, 5) is 4.19. The molecule has 0 saturated heterocycles. The Morgan fingerprint density at radius 3 is 2.63 bits per heavy atom. The molecule has 0 atom stereocenters. The summed E-state index contributed by atoms with van der Waals surface area (Å²) in [5.41, 5.74) is 5.13. The van der Waals surface area contributed by atoms with E-state index >= 15 is 0 Å². The third kappa shape index (κ3) is 3.80. The van der Waals surface area contributed by atoms with Crippen LogP contribution in [0.1, 0.15) is 22.3 Å². The fraction of sp³-hybridized carbons (Fsp3) is 0.312. The van der Waals surface area contributed by atoms with Gasteiger partial charge < -0.3 is 10.1 Å². The van der Waals surface area contributed by atoms with Gasteiger partial charge in [-0.3, -0.25) is 0 Å². The Morgan fingerprint density at radius 1 is 1.11 bits per heavy atom. The van der Waals surface area contributed by atoms with Crippen LogP contribution in [0.15, 0.2) is 36.5 Å². The van der Waals surface area contributed by atoms with Crippen molar-refractivity contribution in [3.63, 3.8) is 0 Å². The molecule has 1 N–H and O–H groups in total. The van der Waals surface area contributed by atoms with E-state index in [0.717, 1.165) is 18.7 Å². The summed E-state index contributed by atoms with van der Waals surface area (Å²) in [7, 11) is 1.63. The van der Waals surface area contributed by atoms with Crippen molar-refractivity contribution in [2.24, 2.45) is 0 Å². The molecule has 0 radical (unpaired) electrons. The molecule has 0 bridgehead atoms. The van der Waals surface area contributed by atoms with Gasteiger partial charge in [0, 0.05) is 25.4 Å². The highest BCUT2D eigenvalue weighted by Gasteiger charge is 1.99. The summed E-state index contributed by atoms with van der Waals surface area (Å²) in [6.45, 7) is 5.95.